The van der Waals surface area contributed by atoms with Crippen molar-refractivity contribution in [2.75, 3.05) is 11.9 Å². The zero-order chi connectivity index (χ0) is 27.2. The maximum absolute atomic E-state index is 13.8. The number of carbonyl (C=O) groups is 1. The molecular formula is C27H22Br3FN4O3. The number of aryl methyl sites for hydroxylation is 1. The highest BCUT2D eigenvalue weighted by atomic mass is 79.9. The van der Waals surface area contributed by atoms with Gasteiger partial charge in [0.05, 0.1) is 31.8 Å². The first-order chi connectivity index (χ1) is 18.3. The number of carbonyl (C=O) groups excluding carboxylic acids is 1. The molecule has 0 bridgehead atoms. The second kappa shape index (κ2) is 12.8. The van der Waals surface area contributed by atoms with Crippen molar-refractivity contribution in [1.82, 2.24) is 9.66 Å². The van der Waals surface area contributed by atoms with E-state index in [2.05, 4.69) is 70.1 Å². The Morgan fingerprint density at radius 2 is 1.87 bits per heavy atom. The molecule has 0 saturated heterocycles. The number of para-hydroxylation sites is 1. The number of ether oxygens (including phenoxy) is 1. The highest BCUT2D eigenvalue weighted by molar-refractivity contribution is 9.11. The fraction of sp³-hybridized carbons (Fsp3) is 0.185. The SMILES string of the molecule is CCCCc1nc2ccc(Br)cc2c(=O)n1N=Cc1cc(Br)c(OCC(=O)Nc2ccccc2F)c(Br)c1. The van der Waals surface area contributed by atoms with Gasteiger partial charge in [0.25, 0.3) is 11.5 Å². The molecular weight excluding hydrogens is 687 g/mol. The summed E-state index contributed by atoms with van der Waals surface area (Å²) in [6.07, 6.45) is 4.01. The zero-order valence-corrected chi connectivity index (χ0v) is 24.9. The third-order valence-corrected chi connectivity index (χ3v) is 7.14. The minimum absolute atomic E-state index is 0.0786. The van der Waals surface area contributed by atoms with Crippen molar-refractivity contribution < 1.29 is 13.9 Å². The van der Waals surface area contributed by atoms with E-state index >= 15 is 0 Å². The van der Waals surface area contributed by atoms with Gasteiger partial charge < -0.3 is 10.1 Å². The molecule has 1 heterocycles. The molecule has 0 unspecified atom stereocenters. The number of anilines is 1. The quantitative estimate of drug-likeness (QED) is 0.189. The summed E-state index contributed by atoms with van der Waals surface area (Å²) in [5, 5.41) is 7.42. The summed E-state index contributed by atoms with van der Waals surface area (Å²) in [6.45, 7) is 1.75. The largest absolute Gasteiger partial charge is 0.481 e. The van der Waals surface area contributed by atoms with Crippen molar-refractivity contribution in [2.45, 2.75) is 26.2 Å². The Hall–Kier alpha value is -2.89. The summed E-state index contributed by atoms with van der Waals surface area (Å²) < 4.78 is 22.7. The van der Waals surface area contributed by atoms with Gasteiger partial charge in [-0.1, -0.05) is 41.4 Å². The van der Waals surface area contributed by atoms with E-state index in [4.69, 9.17) is 4.74 Å². The number of amides is 1. The molecule has 4 rings (SSSR count). The van der Waals surface area contributed by atoms with Crippen LogP contribution in [0.3, 0.4) is 0 Å². The van der Waals surface area contributed by atoms with Crippen molar-refractivity contribution in [2.24, 2.45) is 5.10 Å². The van der Waals surface area contributed by atoms with Crippen LogP contribution in [0, 0.1) is 5.82 Å². The first kappa shape index (κ1) is 28.1. The molecule has 38 heavy (non-hydrogen) atoms. The minimum Gasteiger partial charge on any atom is -0.481 e. The smallest absolute Gasteiger partial charge is 0.282 e. The highest BCUT2D eigenvalue weighted by Gasteiger charge is 2.14. The summed E-state index contributed by atoms with van der Waals surface area (Å²) in [7, 11) is 0. The van der Waals surface area contributed by atoms with Gasteiger partial charge in [-0.25, -0.2) is 9.37 Å². The number of nitrogens with zero attached hydrogens (tertiary/aromatic N) is 3. The summed E-state index contributed by atoms with van der Waals surface area (Å²) in [4.78, 5) is 30.2. The van der Waals surface area contributed by atoms with Gasteiger partial charge >= 0.3 is 0 Å². The van der Waals surface area contributed by atoms with Gasteiger partial charge in [-0.15, -0.1) is 0 Å². The molecule has 0 saturated carbocycles. The van der Waals surface area contributed by atoms with Crippen LogP contribution in [0.5, 0.6) is 5.75 Å². The molecule has 0 radical (unpaired) electrons. The Morgan fingerprint density at radius 3 is 2.58 bits per heavy atom. The Morgan fingerprint density at radius 1 is 1.13 bits per heavy atom. The van der Waals surface area contributed by atoms with E-state index < -0.39 is 11.7 Å². The van der Waals surface area contributed by atoms with Crippen molar-refractivity contribution >= 4 is 76.5 Å². The molecule has 7 nitrogen and oxygen atoms in total. The van der Waals surface area contributed by atoms with Crippen LogP contribution in [0.15, 0.2) is 77.9 Å². The molecule has 0 spiro atoms. The van der Waals surface area contributed by atoms with E-state index in [9.17, 15) is 14.0 Å². The third-order valence-electron chi connectivity index (χ3n) is 5.47. The van der Waals surface area contributed by atoms with E-state index in [1.807, 2.05) is 12.1 Å². The zero-order valence-electron chi connectivity index (χ0n) is 20.2. The number of hydrogen-bond donors (Lipinski definition) is 1. The molecule has 0 atom stereocenters. The number of unbranched alkanes of at least 4 members (excludes halogenated alkanes) is 1. The fourth-order valence-corrected chi connectivity index (χ4v) is 5.43. The number of halogens is 4. The second-order valence-electron chi connectivity index (χ2n) is 8.28. The van der Waals surface area contributed by atoms with Gasteiger partial charge in [-0.2, -0.15) is 9.78 Å². The van der Waals surface area contributed by atoms with Gasteiger partial charge in [0, 0.05) is 10.9 Å². The van der Waals surface area contributed by atoms with Crippen molar-refractivity contribution in [3.05, 3.63) is 95.6 Å². The fourth-order valence-electron chi connectivity index (χ4n) is 3.61. The molecule has 196 valence electrons. The number of aromatic nitrogens is 2. The summed E-state index contributed by atoms with van der Waals surface area (Å²) in [5.41, 5.74) is 1.13. The van der Waals surface area contributed by atoms with Gasteiger partial charge in [0.15, 0.2) is 6.61 Å². The number of fused-ring (bicyclic) bond motifs is 1. The average molecular weight is 709 g/mol. The van der Waals surface area contributed by atoms with Crippen molar-refractivity contribution in [3.8, 4) is 5.75 Å². The van der Waals surface area contributed by atoms with Crippen LogP contribution in [-0.2, 0) is 11.2 Å². The monoisotopic (exact) mass is 706 g/mol. The lowest BCUT2D eigenvalue weighted by Gasteiger charge is -2.12. The van der Waals surface area contributed by atoms with Crippen molar-refractivity contribution in [3.63, 3.8) is 0 Å². The molecule has 0 aliphatic heterocycles. The minimum atomic E-state index is -0.530. The van der Waals surface area contributed by atoms with Crippen LogP contribution < -0.4 is 15.6 Å². The molecule has 1 aromatic heterocycles. The lowest BCUT2D eigenvalue weighted by atomic mass is 10.2. The van der Waals surface area contributed by atoms with E-state index in [1.165, 1.54) is 16.8 Å². The molecule has 1 amide bonds. The number of benzene rings is 3. The molecule has 4 aromatic rings. The standard InChI is InChI=1S/C27H22Br3FN4O3/c1-2-3-8-24-33-22-10-9-17(28)13-18(22)27(37)35(24)32-14-16-11-19(29)26(20(30)12-16)38-15-25(36)34-23-7-5-4-6-21(23)31/h4-7,9-14H,2-3,8,15H2,1H3,(H,34,36). The maximum atomic E-state index is 13.8. The van der Waals surface area contributed by atoms with Gasteiger partial charge in [0.1, 0.15) is 17.4 Å². The Bertz CT molecular complexity index is 1570. The molecule has 3 aromatic carbocycles. The van der Waals surface area contributed by atoms with Crippen LogP contribution in [0.25, 0.3) is 10.9 Å². The van der Waals surface area contributed by atoms with E-state index in [1.54, 1.807) is 36.5 Å². The van der Waals surface area contributed by atoms with Gasteiger partial charge in [-0.3, -0.25) is 9.59 Å². The summed E-state index contributed by atoms with van der Waals surface area (Å²) in [5.74, 6) is -0.0576. The van der Waals surface area contributed by atoms with Crippen LogP contribution in [0.1, 0.15) is 31.2 Å². The predicted molar refractivity (Wildman–Crippen MR) is 158 cm³/mol. The average Bonchev–Trinajstić information content (AvgIpc) is 2.88. The number of rotatable bonds is 9. The first-order valence-corrected chi connectivity index (χ1v) is 14.1. The van der Waals surface area contributed by atoms with Crippen LogP contribution in [0.4, 0.5) is 10.1 Å². The Kier molecular flexibility index (Phi) is 9.45. The van der Waals surface area contributed by atoms with Crippen LogP contribution >= 0.6 is 47.8 Å². The van der Waals surface area contributed by atoms with Crippen molar-refractivity contribution in [1.29, 1.82) is 0 Å². The van der Waals surface area contributed by atoms with Gasteiger partial charge in [0.2, 0.25) is 0 Å². The topological polar surface area (TPSA) is 85.6 Å². The third kappa shape index (κ3) is 6.75. The highest BCUT2D eigenvalue weighted by Crippen LogP contribution is 2.34. The molecule has 0 fully saturated rings. The van der Waals surface area contributed by atoms with Gasteiger partial charge in [-0.05, 0) is 86.3 Å². The lowest BCUT2D eigenvalue weighted by Crippen LogP contribution is -2.22. The lowest BCUT2D eigenvalue weighted by molar-refractivity contribution is -0.118. The first-order valence-electron chi connectivity index (χ1n) is 11.7. The second-order valence-corrected chi connectivity index (χ2v) is 10.9. The molecule has 1 N–H and O–H groups in total. The molecule has 11 heteroatoms. The van der Waals surface area contributed by atoms with Crippen LogP contribution in [-0.4, -0.2) is 28.4 Å². The van der Waals surface area contributed by atoms with E-state index in [0.717, 1.165) is 17.3 Å². The van der Waals surface area contributed by atoms with Crippen LogP contribution in [0.2, 0.25) is 0 Å². The number of hydrogen-bond acceptors (Lipinski definition) is 5. The normalized spacial score (nSPS) is 11.3. The van der Waals surface area contributed by atoms with E-state index in [-0.39, 0.29) is 17.9 Å². The predicted octanol–water partition coefficient (Wildman–Crippen LogP) is 7.07. The Balaban J connectivity index is 1.56. The summed E-state index contributed by atoms with van der Waals surface area (Å²) >= 11 is 10.3. The molecule has 0 aliphatic rings. The maximum Gasteiger partial charge on any atom is 0.282 e. The van der Waals surface area contributed by atoms with E-state index in [0.29, 0.717) is 43.4 Å². The Labute approximate surface area is 243 Å². The summed E-state index contributed by atoms with van der Waals surface area (Å²) in [6, 6.07) is 14.8. The molecule has 0 aliphatic carbocycles. The number of nitrogens with one attached hydrogen (secondary N) is 1.